The fourth-order valence-corrected chi connectivity index (χ4v) is 10.3. The summed E-state index contributed by atoms with van der Waals surface area (Å²) < 4.78 is 6.24. The third-order valence-electron chi connectivity index (χ3n) is 10.6. The Bertz CT molecular complexity index is 879. The van der Waals surface area contributed by atoms with E-state index in [9.17, 15) is 14.4 Å². The smallest absolute Gasteiger partial charge is 0.306 e. The Morgan fingerprint density at radius 2 is 1.87 bits per heavy atom. The summed E-state index contributed by atoms with van der Waals surface area (Å²) in [6.45, 7) is 11.1. The van der Waals surface area contributed by atoms with Crippen molar-refractivity contribution in [3.05, 3.63) is 11.6 Å². The van der Waals surface area contributed by atoms with Crippen LogP contribution in [-0.2, 0) is 19.1 Å². The Balaban J connectivity index is 1.62. The molecule has 1 aliphatic heterocycles. The molecule has 31 heavy (non-hydrogen) atoms. The van der Waals surface area contributed by atoms with Gasteiger partial charge in [-0.25, -0.2) is 0 Å². The number of fused-ring (bicyclic) bond motifs is 6. The first-order valence-corrected chi connectivity index (χ1v) is 13.0. The number of thioether (sulfide) groups is 1. The molecule has 1 heterocycles. The molecule has 5 rings (SSSR count). The summed E-state index contributed by atoms with van der Waals surface area (Å²) in [6.07, 6.45) is 7.86. The van der Waals surface area contributed by atoms with Crippen LogP contribution in [0.25, 0.3) is 0 Å². The number of ketones is 1. The highest BCUT2D eigenvalue weighted by Crippen LogP contribution is 2.73. The molecule has 0 aromatic heterocycles. The SMILES string of the molecule is CC(=O)S[C@@H]1CC2=CC(=O)CC[C@]2(C)C2CC[C@@]3(C)C(C21)[C@H](C)[C@H](C)[C@@]31CCC(=O)O1. The largest absolute Gasteiger partial charge is 0.458 e. The van der Waals surface area contributed by atoms with E-state index in [-0.39, 0.29) is 38.5 Å². The van der Waals surface area contributed by atoms with Crippen LogP contribution in [0, 0.1) is 40.4 Å². The molecule has 0 bridgehead atoms. The lowest BCUT2D eigenvalue weighted by Gasteiger charge is -2.61. The summed E-state index contributed by atoms with van der Waals surface area (Å²) in [6, 6.07) is 0. The van der Waals surface area contributed by atoms with Crippen LogP contribution in [0.4, 0.5) is 0 Å². The zero-order chi connectivity index (χ0) is 22.3. The lowest BCUT2D eigenvalue weighted by molar-refractivity contribution is -0.173. The summed E-state index contributed by atoms with van der Waals surface area (Å²) in [4.78, 5) is 36.9. The lowest BCUT2D eigenvalue weighted by Crippen LogP contribution is -2.58. The Morgan fingerprint density at radius 3 is 2.52 bits per heavy atom. The highest BCUT2D eigenvalue weighted by atomic mass is 32.2. The van der Waals surface area contributed by atoms with Crippen molar-refractivity contribution in [1.82, 2.24) is 0 Å². The lowest BCUT2D eigenvalue weighted by atomic mass is 9.45. The van der Waals surface area contributed by atoms with Crippen molar-refractivity contribution in [2.24, 2.45) is 40.4 Å². The van der Waals surface area contributed by atoms with Gasteiger partial charge in [-0.3, -0.25) is 14.4 Å². The fourth-order valence-electron chi connectivity index (χ4n) is 9.10. The molecule has 170 valence electrons. The number of ether oxygens (including phenoxy) is 1. The van der Waals surface area contributed by atoms with Gasteiger partial charge in [0.2, 0.25) is 0 Å². The second-order valence-corrected chi connectivity index (χ2v) is 13.0. The average molecular weight is 445 g/mol. The van der Waals surface area contributed by atoms with Gasteiger partial charge in [-0.1, -0.05) is 45.0 Å². The van der Waals surface area contributed by atoms with Gasteiger partial charge in [0.1, 0.15) is 5.60 Å². The molecular formula is C26H36O4S. The van der Waals surface area contributed by atoms with E-state index in [1.807, 2.05) is 6.08 Å². The van der Waals surface area contributed by atoms with E-state index < -0.39 is 0 Å². The van der Waals surface area contributed by atoms with E-state index >= 15 is 0 Å². The molecule has 3 saturated carbocycles. The zero-order valence-corrected chi connectivity index (χ0v) is 20.3. The second-order valence-electron chi connectivity index (χ2n) is 11.6. The van der Waals surface area contributed by atoms with E-state index in [1.165, 1.54) is 17.3 Å². The summed E-state index contributed by atoms with van der Waals surface area (Å²) in [5.41, 5.74) is 0.938. The number of hydrogen-bond acceptors (Lipinski definition) is 5. The quantitative estimate of drug-likeness (QED) is 0.511. The summed E-state index contributed by atoms with van der Waals surface area (Å²) >= 11 is 1.50. The molecule has 4 nitrogen and oxygen atoms in total. The number of allylic oxidation sites excluding steroid dienone is 1. The molecule has 4 aliphatic carbocycles. The van der Waals surface area contributed by atoms with Gasteiger partial charge < -0.3 is 4.74 Å². The van der Waals surface area contributed by atoms with Crippen molar-refractivity contribution in [2.45, 2.75) is 90.4 Å². The van der Waals surface area contributed by atoms with Crippen LogP contribution in [-0.4, -0.2) is 27.7 Å². The number of hydrogen-bond donors (Lipinski definition) is 0. The summed E-state index contributed by atoms with van der Waals surface area (Å²) in [5, 5.41) is 0.377. The molecule has 0 aromatic rings. The third-order valence-corrected chi connectivity index (χ3v) is 11.7. The Kier molecular flexibility index (Phi) is 4.87. The van der Waals surface area contributed by atoms with E-state index in [0.29, 0.717) is 42.4 Å². The molecular weight excluding hydrogens is 408 g/mol. The molecule has 0 aromatic carbocycles. The molecule has 5 heteroatoms. The molecule has 9 atom stereocenters. The minimum atomic E-state index is -0.357. The van der Waals surface area contributed by atoms with Crippen molar-refractivity contribution in [3.8, 4) is 0 Å². The zero-order valence-electron chi connectivity index (χ0n) is 19.5. The van der Waals surface area contributed by atoms with Gasteiger partial charge in [-0.2, -0.15) is 0 Å². The van der Waals surface area contributed by atoms with Gasteiger partial charge in [0.25, 0.3) is 0 Å². The molecule has 0 radical (unpaired) electrons. The van der Waals surface area contributed by atoms with Crippen molar-refractivity contribution < 1.29 is 19.1 Å². The third kappa shape index (κ3) is 2.77. The van der Waals surface area contributed by atoms with Crippen molar-refractivity contribution >= 4 is 28.6 Å². The monoisotopic (exact) mass is 444 g/mol. The first-order chi connectivity index (χ1) is 14.5. The molecule has 5 aliphatic rings. The van der Waals surface area contributed by atoms with Gasteiger partial charge >= 0.3 is 5.97 Å². The first kappa shape index (κ1) is 21.7. The molecule has 3 unspecified atom stereocenters. The second kappa shape index (κ2) is 6.95. The number of carbonyl (C=O) groups excluding carboxylic acids is 3. The van der Waals surface area contributed by atoms with Crippen LogP contribution in [0.3, 0.4) is 0 Å². The molecule has 1 spiro atoms. The Hall–Kier alpha value is -1.10. The van der Waals surface area contributed by atoms with Crippen LogP contribution >= 0.6 is 11.8 Å². The molecule has 0 amide bonds. The highest BCUT2D eigenvalue weighted by Gasteiger charge is 2.73. The van der Waals surface area contributed by atoms with E-state index in [2.05, 4.69) is 27.7 Å². The maximum Gasteiger partial charge on any atom is 0.306 e. The van der Waals surface area contributed by atoms with Crippen LogP contribution in [0.5, 0.6) is 0 Å². The summed E-state index contributed by atoms with van der Waals surface area (Å²) in [5.74, 6) is 2.31. The predicted octanol–water partition coefficient (Wildman–Crippen LogP) is 5.34. The minimum Gasteiger partial charge on any atom is -0.458 e. The van der Waals surface area contributed by atoms with Crippen LogP contribution in [0.1, 0.15) is 79.6 Å². The first-order valence-electron chi connectivity index (χ1n) is 12.2. The Labute approximate surface area is 190 Å². The van der Waals surface area contributed by atoms with Crippen LogP contribution in [0.15, 0.2) is 11.6 Å². The Morgan fingerprint density at radius 1 is 1.13 bits per heavy atom. The number of carbonyl (C=O) groups is 3. The molecule has 4 fully saturated rings. The molecule has 1 saturated heterocycles. The predicted molar refractivity (Wildman–Crippen MR) is 121 cm³/mol. The van der Waals surface area contributed by atoms with Gasteiger partial charge in [0, 0.05) is 30.4 Å². The van der Waals surface area contributed by atoms with E-state index in [1.54, 1.807) is 6.92 Å². The van der Waals surface area contributed by atoms with Crippen LogP contribution < -0.4 is 0 Å². The van der Waals surface area contributed by atoms with Crippen molar-refractivity contribution in [3.63, 3.8) is 0 Å². The van der Waals surface area contributed by atoms with Crippen molar-refractivity contribution in [1.29, 1.82) is 0 Å². The maximum atomic E-state index is 12.3. The number of esters is 1. The fraction of sp³-hybridized carbons (Fsp3) is 0.808. The van der Waals surface area contributed by atoms with E-state index in [4.69, 9.17) is 4.74 Å². The van der Waals surface area contributed by atoms with Gasteiger partial charge in [0.05, 0.1) is 0 Å². The van der Waals surface area contributed by atoms with Gasteiger partial charge in [-0.15, -0.1) is 0 Å². The topological polar surface area (TPSA) is 60.4 Å². The number of rotatable bonds is 1. The van der Waals surface area contributed by atoms with Crippen molar-refractivity contribution in [2.75, 3.05) is 0 Å². The standard InChI is InChI=1S/C26H36O4S/c1-14-15(2)26(11-8-21(29)30-26)25(5)10-7-19-22(23(14)25)20(31-16(3)27)13-17-12-18(28)6-9-24(17,19)4/h12,14-15,19-20,22-23H,6-11,13H2,1-5H3/t14-,15+,19?,20-,22?,23?,24+,25+,26+/m1/s1. The van der Waals surface area contributed by atoms with Gasteiger partial charge in [0.15, 0.2) is 10.9 Å². The van der Waals surface area contributed by atoms with E-state index in [0.717, 1.165) is 32.1 Å². The minimum absolute atomic E-state index is 0.0377. The van der Waals surface area contributed by atoms with Crippen LogP contribution in [0.2, 0.25) is 0 Å². The highest BCUT2D eigenvalue weighted by molar-refractivity contribution is 8.14. The average Bonchev–Trinajstić information content (AvgIpc) is 3.17. The van der Waals surface area contributed by atoms with Gasteiger partial charge in [-0.05, 0) is 73.2 Å². The maximum absolute atomic E-state index is 12.3. The molecule has 0 N–H and O–H groups in total. The normalized spacial score (nSPS) is 51.1. The summed E-state index contributed by atoms with van der Waals surface area (Å²) in [7, 11) is 0.